The Bertz CT molecular complexity index is 810. The third-order valence-corrected chi connectivity index (χ3v) is 5.02. The summed E-state index contributed by atoms with van der Waals surface area (Å²) in [5.74, 6) is 0.163. The lowest BCUT2D eigenvalue weighted by Gasteiger charge is -2.22. The van der Waals surface area contributed by atoms with E-state index in [1.165, 1.54) is 0 Å². The van der Waals surface area contributed by atoms with Crippen molar-refractivity contribution in [2.24, 2.45) is 11.7 Å². The van der Waals surface area contributed by atoms with Gasteiger partial charge in [-0.1, -0.05) is 24.3 Å². The van der Waals surface area contributed by atoms with Crippen LogP contribution in [0.5, 0.6) is 0 Å². The molecule has 2 atom stereocenters. The maximum absolute atomic E-state index is 12.9. The van der Waals surface area contributed by atoms with Crippen molar-refractivity contribution in [1.29, 1.82) is 0 Å². The van der Waals surface area contributed by atoms with Crippen LogP contribution >= 0.6 is 12.4 Å². The van der Waals surface area contributed by atoms with Gasteiger partial charge in [-0.05, 0) is 62.6 Å². The quantitative estimate of drug-likeness (QED) is 0.843. The van der Waals surface area contributed by atoms with E-state index in [-0.39, 0.29) is 30.3 Å². The zero-order valence-electron chi connectivity index (χ0n) is 15.6. The lowest BCUT2D eigenvalue weighted by molar-refractivity contribution is 0.0743. The molecule has 0 radical (unpaired) electrons. The van der Waals surface area contributed by atoms with Crippen molar-refractivity contribution in [1.82, 2.24) is 4.90 Å². The van der Waals surface area contributed by atoms with E-state index in [1.54, 1.807) is 18.2 Å². The molecular weight excluding hydrogens is 362 g/mol. The van der Waals surface area contributed by atoms with Crippen LogP contribution < -0.4 is 11.1 Å². The molecule has 0 aromatic heterocycles. The SMILES string of the molecule is Cc1ccc(C(=O)N2CC(CN)CC2C)cc1NC(=O)c1ccccc1.Cl. The van der Waals surface area contributed by atoms with Crippen LogP contribution in [-0.2, 0) is 0 Å². The molecule has 6 heteroatoms. The van der Waals surface area contributed by atoms with Crippen LogP contribution in [0.1, 0.15) is 39.6 Å². The highest BCUT2D eigenvalue weighted by atomic mass is 35.5. The summed E-state index contributed by atoms with van der Waals surface area (Å²) < 4.78 is 0. The monoisotopic (exact) mass is 387 g/mol. The Hall–Kier alpha value is -2.37. The number of anilines is 1. The molecule has 2 amide bonds. The lowest BCUT2D eigenvalue weighted by Crippen LogP contribution is -2.34. The van der Waals surface area contributed by atoms with Gasteiger partial charge in [0.05, 0.1) is 0 Å². The van der Waals surface area contributed by atoms with E-state index in [1.807, 2.05) is 42.2 Å². The van der Waals surface area contributed by atoms with Gasteiger partial charge in [0.25, 0.3) is 11.8 Å². The van der Waals surface area contributed by atoms with Crippen LogP contribution in [-0.4, -0.2) is 35.8 Å². The summed E-state index contributed by atoms with van der Waals surface area (Å²) in [5, 5.41) is 2.91. The van der Waals surface area contributed by atoms with Crippen molar-refractivity contribution >= 4 is 29.9 Å². The maximum atomic E-state index is 12.9. The van der Waals surface area contributed by atoms with Crippen LogP contribution in [0.15, 0.2) is 48.5 Å². The molecule has 1 fully saturated rings. The topological polar surface area (TPSA) is 75.4 Å². The molecule has 3 rings (SSSR count). The number of aryl methyl sites for hydroxylation is 1. The van der Waals surface area contributed by atoms with Crippen LogP contribution in [0.3, 0.4) is 0 Å². The third-order valence-electron chi connectivity index (χ3n) is 5.02. The fourth-order valence-corrected chi connectivity index (χ4v) is 3.44. The number of hydrogen-bond acceptors (Lipinski definition) is 3. The number of hydrogen-bond donors (Lipinski definition) is 2. The normalized spacial score (nSPS) is 18.7. The van der Waals surface area contributed by atoms with E-state index >= 15 is 0 Å². The Morgan fingerprint density at radius 1 is 1.15 bits per heavy atom. The fourth-order valence-electron chi connectivity index (χ4n) is 3.44. The molecule has 2 aromatic rings. The first-order valence-electron chi connectivity index (χ1n) is 8.97. The number of carbonyl (C=O) groups is 2. The smallest absolute Gasteiger partial charge is 0.255 e. The fraction of sp³-hybridized carbons (Fsp3) is 0.333. The number of rotatable bonds is 4. The van der Waals surface area contributed by atoms with Crippen molar-refractivity contribution in [3.05, 3.63) is 65.2 Å². The average molecular weight is 388 g/mol. The van der Waals surface area contributed by atoms with E-state index < -0.39 is 0 Å². The summed E-state index contributed by atoms with van der Waals surface area (Å²) in [5.41, 5.74) is 8.51. The molecule has 1 heterocycles. The standard InChI is InChI=1S/C21H25N3O2.ClH/c1-14-8-9-18(21(26)24-13-16(12-22)10-15(24)2)11-19(14)23-20(25)17-6-4-3-5-7-17;/h3-9,11,15-16H,10,12-13,22H2,1-2H3,(H,23,25);1H. The Morgan fingerprint density at radius 2 is 1.85 bits per heavy atom. The van der Waals surface area contributed by atoms with Crippen molar-refractivity contribution in [2.75, 3.05) is 18.4 Å². The largest absolute Gasteiger partial charge is 0.336 e. The molecule has 0 spiro atoms. The van der Waals surface area contributed by atoms with Gasteiger partial charge in [-0.3, -0.25) is 9.59 Å². The number of nitrogens with one attached hydrogen (secondary N) is 1. The number of nitrogens with zero attached hydrogens (tertiary/aromatic N) is 1. The van der Waals surface area contributed by atoms with E-state index in [0.717, 1.165) is 12.0 Å². The first-order valence-corrected chi connectivity index (χ1v) is 8.97. The molecule has 1 saturated heterocycles. The number of carbonyl (C=O) groups excluding carboxylic acids is 2. The second-order valence-corrected chi connectivity index (χ2v) is 6.99. The predicted octanol–water partition coefficient (Wildman–Crippen LogP) is 3.48. The van der Waals surface area contributed by atoms with E-state index in [4.69, 9.17) is 5.73 Å². The lowest BCUT2D eigenvalue weighted by atomic mass is 10.1. The molecule has 2 unspecified atom stereocenters. The number of likely N-dealkylation sites (tertiary alicyclic amines) is 1. The first-order chi connectivity index (χ1) is 12.5. The molecule has 0 bridgehead atoms. The van der Waals surface area contributed by atoms with Crippen LogP contribution in [0.4, 0.5) is 5.69 Å². The van der Waals surface area contributed by atoms with Gasteiger partial charge in [-0.2, -0.15) is 0 Å². The average Bonchev–Trinajstić information content (AvgIpc) is 3.04. The highest BCUT2D eigenvalue weighted by Gasteiger charge is 2.32. The summed E-state index contributed by atoms with van der Waals surface area (Å²) in [7, 11) is 0. The number of halogens is 1. The zero-order valence-corrected chi connectivity index (χ0v) is 16.5. The summed E-state index contributed by atoms with van der Waals surface area (Å²) >= 11 is 0. The van der Waals surface area contributed by atoms with Crippen molar-refractivity contribution in [3.8, 4) is 0 Å². The molecule has 27 heavy (non-hydrogen) atoms. The second-order valence-electron chi connectivity index (χ2n) is 6.99. The molecule has 3 N–H and O–H groups in total. The Kier molecular flexibility index (Phi) is 6.99. The van der Waals surface area contributed by atoms with Gasteiger partial charge in [0.15, 0.2) is 0 Å². The summed E-state index contributed by atoms with van der Waals surface area (Å²) in [6.07, 6.45) is 0.936. The summed E-state index contributed by atoms with van der Waals surface area (Å²) in [4.78, 5) is 27.2. The van der Waals surface area contributed by atoms with Crippen LogP contribution in [0, 0.1) is 12.8 Å². The van der Waals surface area contributed by atoms with Crippen molar-refractivity contribution < 1.29 is 9.59 Å². The first kappa shape index (κ1) is 20.9. The minimum Gasteiger partial charge on any atom is -0.336 e. The van der Waals surface area contributed by atoms with Gasteiger partial charge in [-0.15, -0.1) is 12.4 Å². The molecule has 1 aliphatic rings. The Labute approximate surface area is 166 Å². The molecule has 2 aromatic carbocycles. The van der Waals surface area contributed by atoms with Gasteiger partial charge >= 0.3 is 0 Å². The van der Waals surface area contributed by atoms with Gasteiger partial charge in [0.2, 0.25) is 0 Å². The van der Waals surface area contributed by atoms with Gasteiger partial charge < -0.3 is 16.0 Å². The maximum Gasteiger partial charge on any atom is 0.255 e. The summed E-state index contributed by atoms with van der Waals surface area (Å²) in [6.45, 7) is 5.26. The number of nitrogens with two attached hydrogens (primary N) is 1. The molecule has 1 aliphatic heterocycles. The Balaban J connectivity index is 0.00000261. The molecule has 0 saturated carbocycles. The predicted molar refractivity (Wildman–Crippen MR) is 110 cm³/mol. The molecular formula is C21H26ClN3O2. The molecule has 5 nitrogen and oxygen atoms in total. The zero-order chi connectivity index (χ0) is 18.7. The van der Waals surface area contributed by atoms with Gasteiger partial charge in [0, 0.05) is 29.4 Å². The van der Waals surface area contributed by atoms with Gasteiger partial charge in [-0.25, -0.2) is 0 Å². The minimum atomic E-state index is -0.184. The summed E-state index contributed by atoms with van der Waals surface area (Å²) in [6, 6.07) is 14.7. The van der Waals surface area contributed by atoms with E-state index in [0.29, 0.717) is 35.8 Å². The third kappa shape index (κ3) is 4.67. The minimum absolute atomic E-state index is 0. The van der Waals surface area contributed by atoms with E-state index in [9.17, 15) is 9.59 Å². The second kappa shape index (κ2) is 9.02. The van der Waals surface area contributed by atoms with Crippen molar-refractivity contribution in [2.45, 2.75) is 26.3 Å². The Morgan fingerprint density at radius 3 is 2.48 bits per heavy atom. The highest BCUT2D eigenvalue weighted by Crippen LogP contribution is 2.26. The number of benzene rings is 2. The van der Waals surface area contributed by atoms with Crippen molar-refractivity contribution in [3.63, 3.8) is 0 Å². The van der Waals surface area contributed by atoms with Crippen LogP contribution in [0.2, 0.25) is 0 Å². The van der Waals surface area contributed by atoms with E-state index in [2.05, 4.69) is 12.2 Å². The van der Waals surface area contributed by atoms with Gasteiger partial charge in [0.1, 0.15) is 0 Å². The molecule has 0 aliphatic carbocycles. The van der Waals surface area contributed by atoms with Crippen LogP contribution in [0.25, 0.3) is 0 Å². The molecule has 144 valence electrons. The number of amides is 2. The highest BCUT2D eigenvalue weighted by molar-refractivity contribution is 6.05.